The largest absolute Gasteiger partial charge is 0.377 e. The second-order valence-electron chi connectivity index (χ2n) is 3.71. The van der Waals surface area contributed by atoms with Gasteiger partial charge in [0.15, 0.2) is 5.82 Å². The molecular formula is C12H10Cl2FN3O. The summed E-state index contributed by atoms with van der Waals surface area (Å²) in [7, 11) is 1.53. The van der Waals surface area contributed by atoms with Crippen LogP contribution >= 0.6 is 23.2 Å². The topological polar surface area (TPSA) is 47.0 Å². The maximum atomic E-state index is 13.2. The number of halogens is 3. The van der Waals surface area contributed by atoms with Crippen molar-refractivity contribution in [3.05, 3.63) is 46.1 Å². The number of aromatic nitrogens is 2. The number of nitrogens with one attached hydrogen (secondary N) is 1. The predicted octanol–water partition coefficient (Wildman–Crippen LogP) is 3.81. The molecular weight excluding hydrogens is 292 g/mol. The molecule has 0 amide bonds. The van der Waals surface area contributed by atoms with Crippen molar-refractivity contribution >= 4 is 34.7 Å². The van der Waals surface area contributed by atoms with Crippen molar-refractivity contribution in [2.75, 3.05) is 12.4 Å². The van der Waals surface area contributed by atoms with E-state index in [0.29, 0.717) is 22.4 Å². The van der Waals surface area contributed by atoms with Crippen molar-refractivity contribution in [3.8, 4) is 0 Å². The Kier molecular flexibility index (Phi) is 4.52. The summed E-state index contributed by atoms with van der Waals surface area (Å²) in [5.41, 5.74) is 0.475. The van der Waals surface area contributed by atoms with Gasteiger partial charge in [-0.2, -0.15) is 0 Å². The standard InChI is InChI=1S/C12H10Cl2FN3O/c1-19-6-12-17-10(14)5-11(18-12)16-9-3-7(13)2-8(15)4-9/h2-5H,6H2,1H3,(H,16,17,18). The third kappa shape index (κ3) is 4.02. The van der Waals surface area contributed by atoms with Gasteiger partial charge in [0.25, 0.3) is 0 Å². The maximum Gasteiger partial charge on any atom is 0.158 e. The first-order chi connectivity index (χ1) is 9.06. The van der Waals surface area contributed by atoms with Gasteiger partial charge < -0.3 is 10.1 Å². The highest BCUT2D eigenvalue weighted by molar-refractivity contribution is 6.31. The van der Waals surface area contributed by atoms with E-state index in [1.807, 2.05) is 0 Å². The lowest BCUT2D eigenvalue weighted by Gasteiger charge is -2.08. The molecule has 0 saturated carbocycles. The van der Waals surface area contributed by atoms with Crippen LogP contribution in [0.3, 0.4) is 0 Å². The molecule has 100 valence electrons. The second kappa shape index (κ2) is 6.14. The fraction of sp³-hybridized carbons (Fsp3) is 0.167. The first kappa shape index (κ1) is 14.0. The third-order valence-corrected chi connectivity index (χ3v) is 2.56. The predicted molar refractivity (Wildman–Crippen MR) is 72.4 cm³/mol. The Balaban J connectivity index is 2.27. The molecule has 2 aromatic rings. The van der Waals surface area contributed by atoms with Gasteiger partial charge in [0, 0.05) is 23.9 Å². The minimum absolute atomic E-state index is 0.235. The maximum absolute atomic E-state index is 13.2. The van der Waals surface area contributed by atoms with Crippen molar-refractivity contribution < 1.29 is 9.13 Å². The van der Waals surface area contributed by atoms with E-state index in [4.69, 9.17) is 27.9 Å². The van der Waals surface area contributed by atoms with Crippen molar-refractivity contribution in [2.45, 2.75) is 6.61 Å². The van der Waals surface area contributed by atoms with Crippen molar-refractivity contribution in [3.63, 3.8) is 0 Å². The lowest BCUT2D eigenvalue weighted by atomic mass is 10.3. The van der Waals surface area contributed by atoms with E-state index in [2.05, 4.69) is 15.3 Å². The minimum atomic E-state index is -0.438. The van der Waals surface area contributed by atoms with Crippen molar-refractivity contribution in [1.82, 2.24) is 9.97 Å². The molecule has 0 unspecified atom stereocenters. The van der Waals surface area contributed by atoms with Crippen molar-refractivity contribution in [2.24, 2.45) is 0 Å². The molecule has 0 atom stereocenters. The summed E-state index contributed by atoms with van der Waals surface area (Å²) < 4.78 is 18.1. The molecule has 0 radical (unpaired) electrons. The average Bonchev–Trinajstić information content (AvgIpc) is 2.26. The summed E-state index contributed by atoms with van der Waals surface area (Å²) in [6, 6.07) is 5.63. The lowest BCUT2D eigenvalue weighted by molar-refractivity contribution is 0.178. The third-order valence-electron chi connectivity index (χ3n) is 2.15. The van der Waals surface area contributed by atoms with Gasteiger partial charge in [0.2, 0.25) is 0 Å². The molecule has 0 aliphatic carbocycles. The number of rotatable bonds is 4. The molecule has 19 heavy (non-hydrogen) atoms. The molecule has 4 nitrogen and oxygen atoms in total. The number of hydrogen-bond donors (Lipinski definition) is 1. The fourth-order valence-electron chi connectivity index (χ4n) is 1.50. The molecule has 0 saturated heterocycles. The Bertz CT molecular complexity index is 575. The van der Waals surface area contributed by atoms with Gasteiger partial charge in [0.1, 0.15) is 23.4 Å². The van der Waals surface area contributed by atoms with E-state index < -0.39 is 5.82 Å². The summed E-state index contributed by atoms with van der Waals surface area (Å²) in [6.07, 6.45) is 0. The summed E-state index contributed by atoms with van der Waals surface area (Å²) in [6.45, 7) is 0.235. The Morgan fingerprint density at radius 1 is 1.21 bits per heavy atom. The van der Waals surface area contributed by atoms with Gasteiger partial charge in [-0.1, -0.05) is 23.2 Å². The van der Waals surface area contributed by atoms with Gasteiger partial charge in [-0.25, -0.2) is 14.4 Å². The van der Waals surface area contributed by atoms with Gasteiger partial charge in [-0.05, 0) is 18.2 Å². The van der Waals surface area contributed by atoms with Crippen LogP contribution in [0.5, 0.6) is 0 Å². The molecule has 0 spiro atoms. The molecule has 1 heterocycles. The van der Waals surface area contributed by atoms with E-state index in [9.17, 15) is 4.39 Å². The summed E-state index contributed by atoms with van der Waals surface area (Å²) in [4.78, 5) is 8.17. The molecule has 0 aliphatic heterocycles. The zero-order chi connectivity index (χ0) is 13.8. The van der Waals surface area contributed by atoms with E-state index in [-0.39, 0.29) is 11.8 Å². The van der Waals surface area contributed by atoms with Crippen molar-refractivity contribution in [1.29, 1.82) is 0 Å². The van der Waals surface area contributed by atoms with Crippen LogP contribution in [0.1, 0.15) is 5.82 Å². The fourth-order valence-corrected chi connectivity index (χ4v) is 1.92. The molecule has 0 aliphatic rings. The van der Waals surface area contributed by atoms with E-state index in [1.54, 1.807) is 6.07 Å². The molecule has 0 bridgehead atoms. The number of nitrogens with zero attached hydrogens (tertiary/aromatic N) is 2. The van der Waals surface area contributed by atoms with Gasteiger partial charge in [-0.3, -0.25) is 0 Å². The summed E-state index contributed by atoms with van der Waals surface area (Å²) in [5, 5.41) is 3.47. The number of hydrogen-bond acceptors (Lipinski definition) is 4. The first-order valence-electron chi connectivity index (χ1n) is 5.32. The van der Waals surface area contributed by atoms with Gasteiger partial charge in [-0.15, -0.1) is 0 Å². The molecule has 1 aromatic carbocycles. The van der Waals surface area contributed by atoms with Crippen LogP contribution in [0.15, 0.2) is 24.3 Å². The smallest absolute Gasteiger partial charge is 0.158 e. The zero-order valence-corrected chi connectivity index (χ0v) is 11.5. The number of methoxy groups -OCH3 is 1. The SMILES string of the molecule is COCc1nc(Cl)cc(Nc2cc(F)cc(Cl)c2)n1. The Morgan fingerprint density at radius 3 is 2.68 bits per heavy atom. The number of anilines is 2. The van der Waals surface area contributed by atoms with Gasteiger partial charge >= 0.3 is 0 Å². The van der Waals surface area contributed by atoms with E-state index >= 15 is 0 Å². The highest BCUT2D eigenvalue weighted by Gasteiger charge is 2.05. The quantitative estimate of drug-likeness (QED) is 0.872. The minimum Gasteiger partial charge on any atom is -0.377 e. The van der Waals surface area contributed by atoms with Crippen LogP contribution in [-0.2, 0) is 11.3 Å². The molecule has 1 N–H and O–H groups in total. The number of benzene rings is 1. The average molecular weight is 302 g/mol. The Morgan fingerprint density at radius 2 is 2.00 bits per heavy atom. The van der Waals surface area contributed by atoms with Crippen LogP contribution in [-0.4, -0.2) is 17.1 Å². The van der Waals surface area contributed by atoms with Crippen LogP contribution in [0.2, 0.25) is 10.2 Å². The van der Waals surface area contributed by atoms with Crippen LogP contribution < -0.4 is 5.32 Å². The molecule has 7 heteroatoms. The highest BCUT2D eigenvalue weighted by Crippen LogP contribution is 2.22. The van der Waals surface area contributed by atoms with E-state index in [0.717, 1.165) is 0 Å². The first-order valence-corrected chi connectivity index (χ1v) is 6.08. The zero-order valence-electron chi connectivity index (χ0n) is 9.95. The van der Waals surface area contributed by atoms with Crippen LogP contribution in [0.4, 0.5) is 15.9 Å². The second-order valence-corrected chi connectivity index (χ2v) is 4.53. The summed E-state index contributed by atoms with van der Waals surface area (Å²) >= 11 is 11.6. The number of ether oxygens (including phenoxy) is 1. The van der Waals surface area contributed by atoms with E-state index in [1.165, 1.54) is 25.3 Å². The highest BCUT2D eigenvalue weighted by atomic mass is 35.5. The van der Waals surface area contributed by atoms with Crippen LogP contribution in [0, 0.1) is 5.82 Å². The molecule has 2 rings (SSSR count). The molecule has 0 fully saturated rings. The van der Waals surface area contributed by atoms with Crippen LogP contribution in [0.25, 0.3) is 0 Å². The van der Waals surface area contributed by atoms with Gasteiger partial charge in [0.05, 0.1) is 0 Å². The monoisotopic (exact) mass is 301 g/mol. The normalized spacial score (nSPS) is 10.5. The molecule has 1 aromatic heterocycles. The summed E-state index contributed by atoms with van der Waals surface area (Å²) in [5.74, 6) is 0.431. The Labute approximate surface area is 119 Å². The Hall–Kier alpha value is -1.43. The lowest BCUT2D eigenvalue weighted by Crippen LogP contribution is -2.01.